The van der Waals surface area contributed by atoms with Gasteiger partial charge >= 0.3 is 6.01 Å². The molecule has 120 valence electrons. The van der Waals surface area contributed by atoms with E-state index in [9.17, 15) is 0 Å². The van der Waals surface area contributed by atoms with Crippen LogP contribution < -0.4 is 15.4 Å². The van der Waals surface area contributed by atoms with Gasteiger partial charge in [0, 0.05) is 12.1 Å². The second-order valence-electron chi connectivity index (χ2n) is 5.11. The Bertz CT molecular complexity index is 412. The Hall–Kier alpha value is -1.59. The van der Waals surface area contributed by atoms with E-state index in [-0.39, 0.29) is 5.54 Å². The predicted octanol–water partition coefficient (Wildman–Crippen LogP) is 3.47. The third-order valence-corrected chi connectivity index (χ3v) is 3.79. The van der Waals surface area contributed by atoms with Crippen molar-refractivity contribution in [3.05, 3.63) is 0 Å². The highest BCUT2D eigenvalue weighted by Gasteiger charge is 2.25. The topological polar surface area (TPSA) is 72.0 Å². The Balaban J connectivity index is 3.00. The molecule has 0 amide bonds. The summed E-state index contributed by atoms with van der Waals surface area (Å²) in [6.45, 7) is 12.0. The molecule has 0 aliphatic heterocycles. The number of hydrogen-bond donors (Lipinski definition) is 2. The Morgan fingerprint density at radius 3 is 2.05 bits per heavy atom. The van der Waals surface area contributed by atoms with Crippen LogP contribution in [0.1, 0.15) is 60.3 Å². The molecular formula is C15H29N5O. The van der Waals surface area contributed by atoms with Gasteiger partial charge in [-0.3, -0.25) is 0 Å². The Kier molecular flexibility index (Phi) is 7.19. The first-order valence-electron chi connectivity index (χ1n) is 8.03. The first-order valence-corrected chi connectivity index (χ1v) is 8.03. The lowest BCUT2D eigenvalue weighted by atomic mass is 9.90. The van der Waals surface area contributed by atoms with E-state index in [2.05, 4.69) is 53.3 Å². The van der Waals surface area contributed by atoms with Gasteiger partial charge in [0.2, 0.25) is 11.9 Å². The van der Waals surface area contributed by atoms with Crippen molar-refractivity contribution in [1.29, 1.82) is 0 Å². The highest BCUT2D eigenvalue weighted by atomic mass is 16.5. The van der Waals surface area contributed by atoms with E-state index in [0.29, 0.717) is 24.5 Å². The van der Waals surface area contributed by atoms with Crippen LogP contribution in [0.3, 0.4) is 0 Å². The number of nitrogens with zero attached hydrogens (tertiary/aromatic N) is 3. The van der Waals surface area contributed by atoms with Crippen LogP contribution in [0.4, 0.5) is 11.9 Å². The van der Waals surface area contributed by atoms with Gasteiger partial charge in [-0.05, 0) is 32.6 Å². The minimum Gasteiger partial charge on any atom is -0.463 e. The summed E-state index contributed by atoms with van der Waals surface area (Å²) in [4.78, 5) is 13.1. The molecule has 0 aliphatic rings. The monoisotopic (exact) mass is 295 g/mol. The highest BCUT2D eigenvalue weighted by Crippen LogP contribution is 2.25. The first kappa shape index (κ1) is 17.5. The minimum absolute atomic E-state index is 0.0207. The standard InChI is InChI=1S/C15H29N5O/c1-6-11-21-14-18-12(16-10-5)17-13(19-14)20-15(7-2,8-3)9-4/h6-11H2,1-5H3,(H2,16,17,18,19,20). The molecule has 0 fully saturated rings. The van der Waals surface area contributed by atoms with Gasteiger partial charge in [-0.15, -0.1) is 0 Å². The number of nitrogens with one attached hydrogen (secondary N) is 2. The number of rotatable bonds is 10. The van der Waals surface area contributed by atoms with Gasteiger partial charge in [0.1, 0.15) is 0 Å². The van der Waals surface area contributed by atoms with Gasteiger partial charge in [-0.2, -0.15) is 15.0 Å². The third kappa shape index (κ3) is 5.02. The summed E-state index contributed by atoms with van der Waals surface area (Å²) in [5.41, 5.74) is 0.0207. The molecule has 0 saturated carbocycles. The smallest absolute Gasteiger partial charge is 0.323 e. The lowest BCUT2D eigenvalue weighted by Crippen LogP contribution is -2.37. The molecule has 0 radical (unpaired) electrons. The average molecular weight is 295 g/mol. The van der Waals surface area contributed by atoms with Crippen molar-refractivity contribution in [2.75, 3.05) is 23.8 Å². The molecule has 0 bridgehead atoms. The van der Waals surface area contributed by atoms with Gasteiger partial charge in [-0.1, -0.05) is 27.7 Å². The summed E-state index contributed by atoms with van der Waals surface area (Å²) in [7, 11) is 0. The molecule has 2 N–H and O–H groups in total. The summed E-state index contributed by atoms with van der Waals surface area (Å²) in [5, 5.41) is 6.60. The molecular weight excluding hydrogens is 266 g/mol. The zero-order chi connectivity index (χ0) is 15.7. The molecule has 1 aromatic rings. The molecule has 1 heterocycles. The van der Waals surface area contributed by atoms with Crippen molar-refractivity contribution in [1.82, 2.24) is 15.0 Å². The summed E-state index contributed by atoms with van der Waals surface area (Å²) < 4.78 is 5.56. The molecule has 6 nitrogen and oxygen atoms in total. The SMILES string of the molecule is CCCOc1nc(NCC)nc(NC(CC)(CC)CC)n1. The van der Waals surface area contributed by atoms with Crippen molar-refractivity contribution in [3.8, 4) is 6.01 Å². The fourth-order valence-corrected chi connectivity index (χ4v) is 2.16. The summed E-state index contributed by atoms with van der Waals surface area (Å²) in [6, 6.07) is 0.377. The van der Waals surface area contributed by atoms with E-state index < -0.39 is 0 Å². The third-order valence-electron chi connectivity index (χ3n) is 3.79. The molecule has 1 aromatic heterocycles. The van der Waals surface area contributed by atoms with Crippen LogP contribution in [0.2, 0.25) is 0 Å². The van der Waals surface area contributed by atoms with E-state index in [0.717, 1.165) is 32.2 Å². The minimum atomic E-state index is 0.0207. The van der Waals surface area contributed by atoms with E-state index in [1.54, 1.807) is 0 Å². The van der Waals surface area contributed by atoms with Crippen molar-refractivity contribution in [2.45, 2.75) is 65.8 Å². The lowest BCUT2D eigenvalue weighted by Gasteiger charge is -2.31. The summed E-state index contributed by atoms with van der Waals surface area (Å²) >= 11 is 0. The van der Waals surface area contributed by atoms with Gasteiger partial charge in [0.15, 0.2) is 0 Å². The fourth-order valence-electron chi connectivity index (χ4n) is 2.16. The van der Waals surface area contributed by atoms with Gasteiger partial charge in [-0.25, -0.2) is 0 Å². The van der Waals surface area contributed by atoms with E-state index in [1.165, 1.54) is 0 Å². The first-order chi connectivity index (χ1) is 10.1. The number of hydrogen-bond acceptors (Lipinski definition) is 6. The Morgan fingerprint density at radius 2 is 1.52 bits per heavy atom. The van der Waals surface area contributed by atoms with Crippen LogP contribution in [0.25, 0.3) is 0 Å². The second kappa shape index (κ2) is 8.64. The van der Waals surface area contributed by atoms with Crippen LogP contribution in [0.15, 0.2) is 0 Å². The molecule has 0 saturated heterocycles. The zero-order valence-corrected chi connectivity index (χ0v) is 14.0. The number of aromatic nitrogens is 3. The summed E-state index contributed by atoms with van der Waals surface area (Å²) in [6.07, 6.45) is 3.99. The maximum absolute atomic E-state index is 5.56. The lowest BCUT2D eigenvalue weighted by molar-refractivity contribution is 0.291. The highest BCUT2D eigenvalue weighted by molar-refractivity contribution is 5.38. The average Bonchev–Trinajstić information content (AvgIpc) is 2.51. The number of ether oxygens (including phenoxy) is 1. The summed E-state index contributed by atoms with van der Waals surface area (Å²) in [5.74, 6) is 1.14. The van der Waals surface area contributed by atoms with Gasteiger partial charge in [0.25, 0.3) is 0 Å². The van der Waals surface area contributed by atoms with Crippen molar-refractivity contribution in [3.63, 3.8) is 0 Å². The van der Waals surface area contributed by atoms with Gasteiger partial charge < -0.3 is 15.4 Å². The maximum atomic E-state index is 5.56. The van der Waals surface area contributed by atoms with Crippen LogP contribution in [-0.4, -0.2) is 33.6 Å². The molecule has 0 spiro atoms. The van der Waals surface area contributed by atoms with Crippen molar-refractivity contribution in [2.24, 2.45) is 0 Å². The molecule has 6 heteroatoms. The normalized spacial score (nSPS) is 11.3. The second-order valence-corrected chi connectivity index (χ2v) is 5.11. The van der Waals surface area contributed by atoms with Crippen LogP contribution in [0.5, 0.6) is 6.01 Å². The van der Waals surface area contributed by atoms with Crippen LogP contribution in [0, 0.1) is 0 Å². The largest absolute Gasteiger partial charge is 0.463 e. The number of anilines is 2. The maximum Gasteiger partial charge on any atom is 0.323 e. The van der Waals surface area contributed by atoms with Crippen LogP contribution >= 0.6 is 0 Å². The quantitative estimate of drug-likeness (QED) is 0.688. The molecule has 0 unspecified atom stereocenters. The van der Waals surface area contributed by atoms with E-state index >= 15 is 0 Å². The molecule has 0 aromatic carbocycles. The van der Waals surface area contributed by atoms with Crippen molar-refractivity contribution < 1.29 is 4.74 Å². The molecule has 1 rings (SSSR count). The van der Waals surface area contributed by atoms with E-state index in [4.69, 9.17) is 4.74 Å². The molecule has 0 atom stereocenters. The zero-order valence-electron chi connectivity index (χ0n) is 14.0. The van der Waals surface area contributed by atoms with Crippen LogP contribution in [-0.2, 0) is 0 Å². The van der Waals surface area contributed by atoms with Gasteiger partial charge in [0.05, 0.1) is 6.61 Å². The predicted molar refractivity (Wildman–Crippen MR) is 87.0 cm³/mol. The van der Waals surface area contributed by atoms with Crippen molar-refractivity contribution >= 4 is 11.9 Å². The van der Waals surface area contributed by atoms with E-state index in [1.807, 2.05) is 6.92 Å². The molecule has 0 aliphatic carbocycles. The fraction of sp³-hybridized carbons (Fsp3) is 0.800. The Morgan fingerprint density at radius 1 is 0.905 bits per heavy atom. The molecule has 21 heavy (non-hydrogen) atoms. The Labute approximate surface area is 128 Å².